The van der Waals surface area contributed by atoms with Gasteiger partial charge in [-0.15, -0.1) is 0 Å². The SMILES string of the molecule is COCCN(C)CCOc1c(C(=O)O)cc(CN2C(=O)C(C(=O)Nc3ccc(C(F)(F)F)cc3-c3cc(C(F)(F)F)ncn3)=C(O)C3(CCCC3)N2C)c(F)c1F. The number of carboxylic acids is 1. The Bertz CT molecular complexity index is 2070. The van der Waals surface area contributed by atoms with Crippen molar-refractivity contribution in [3.63, 3.8) is 0 Å². The number of likely N-dealkylation sites (N-methyl/N-ethyl adjacent to an activating group) is 2. The van der Waals surface area contributed by atoms with Crippen molar-refractivity contribution < 1.29 is 69.2 Å². The number of nitrogens with one attached hydrogen (secondary N) is 1. The maximum absolute atomic E-state index is 15.7. The molecule has 1 spiro atoms. The van der Waals surface area contributed by atoms with Crippen LogP contribution in [0.1, 0.15) is 52.9 Å². The lowest BCUT2D eigenvalue weighted by Crippen LogP contribution is -2.62. The van der Waals surface area contributed by atoms with E-state index in [9.17, 15) is 50.9 Å². The van der Waals surface area contributed by atoms with Crippen LogP contribution >= 0.6 is 0 Å². The third-order valence-electron chi connectivity index (χ3n) is 9.78. The maximum atomic E-state index is 15.7. The van der Waals surface area contributed by atoms with Gasteiger partial charge in [0.05, 0.1) is 35.6 Å². The smallest absolute Gasteiger partial charge is 0.433 e. The van der Waals surface area contributed by atoms with Gasteiger partial charge in [0.2, 0.25) is 5.82 Å². The molecule has 2 aliphatic rings. The van der Waals surface area contributed by atoms with Crippen molar-refractivity contribution >= 4 is 23.5 Å². The summed E-state index contributed by atoms with van der Waals surface area (Å²) in [7, 11) is 4.51. The molecule has 2 amide bonds. The van der Waals surface area contributed by atoms with E-state index in [-0.39, 0.29) is 26.0 Å². The lowest BCUT2D eigenvalue weighted by molar-refractivity contribution is -0.163. The van der Waals surface area contributed by atoms with Gasteiger partial charge in [0.1, 0.15) is 35.5 Å². The molecule has 308 valence electrons. The van der Waals surface area contributed by atoms with E-state index in [0.29, 0.717) is 50.5 Å². The van der Waals surface area contributed by atoms with Gasteiger partial charge in [-0.3, -0.25) is 14.6 Å². The van der Waals surface area contributed by atoms with Gasteiger partial charge in [0, 0.05) is 38.4 Å². The largest absolute Gasteiger partial charge is 0.509 e. The van der Waals surface area contributed by atoms with E-state index in [1.807, 2.05) is 0 Å². The Kier molecular flexibility index (Phi) is 12.4. The highest BCUT2D eigenvalue weighted by atomic mass is 19.4. The number of rotatable bonds is 13. The van der Waals surface area contributed by atoms with Crippen molar-refractivity contribution in [2.45, 2.75) is 50.1 Å². The molecule has 0 saturated heterocycles. The number of aliphatic hydroxyl groups is 1. The minimum absolute atomic E-state index is 0.130. The third kappa shape index (κ3) is 8.79. The summed E-state index contributed by atoms with van der Waals surface area (Å²) in [6.45, 7) is -0.114. The summed E-state index contributed by atoms with van der Waals surface area (Å²) in [5, 5.41) is 25.7. The van der Waals surface area contributed by atoms with Crippen molar-refractivity contribution in [3.8, 4) is 17.0 Å². The zero-order valence-corrected chi connectivity index (χ0v) is 30.5. The fraction of sp³-hybridized carbons (Fsp3) is 0.417. The number of alkyl halides is 6. The molecular weight excluding hydrogens is 780 g/mol. The molecule has 1 fully saturated rings. The van der Waals surface area contributed by atoms with E-state index >= 15 is 8.78 Å². The molecule has 1 saturated carbocycles. The van der Waals surface area contributed by atoms with Crippen LogP contribution in [0.15, 0.2) is 48.0 Å². The number of carboxylic acid groups (broad SMARTS) is 1. The van der Waals surface area contributed by atoms with Gasteiger partial charge in [0.25, 0.3) is 11.8 Å². The van der Waals surface area contributed by atoms with Crippen molar-refractivity contribution in [2.24, 2.45) is 0 Å². The van der Waals surface area contributed by atoms with Gasteiger partial charge in [0.15, 0.2) is 11.6 Å². The number of ether oxygens (including phenoxy) is 2. The zero-order chi connectivity index (χ0) is 42.0. The monoisotopic (exact) mass is 816 g/mol. The molecule has 0 unspecified atom stereocenters. The summed E-state index contributed by atoms with van der Waals surface area (Å²) in [5.41, 5.74) is -8.59. The molecule has 2 aromatic carbocycles. The molecule has 0 atom stereocenters. The molecule has 1 aliphatic carbocycles. The number of halogens is 8. The average molecular weight is 817 g/mol. The van der Waals surface area contributed by atoms with E-state index in [4.69, 9.17) is 9.47 Å². The standard InChI is InChI=1S/C36H36F8N6O7/c1-48(10-12-56-3)11-13-57-29-22(33(54)55)14-19(27(37)28(29)38)17-50-32(53)26(30(51)34(49(50)2)8-4-5-9-34)31(52)47-23-7-6-20(35(39,40)41)15-21(23)24-16-25(36(42,43)44)46-18-45-24/h6-7,14-16,18,51H,4-5,8-13,17H2,1-3H3,(H,47,52)(H,54,55). The predicted molar refractivity (Wildman–Crippen MR) is 183 cm³/mol. The Morgan fingerprint density at radius 1 is 0.982 bits per heavy atom. The van der Waals surface area contributed by atoms with Crippen molar-refractivity contribution in [2.75, 3.05) is 52.8 Å². The molecule has 3 aromatic rings. The third-order valence-corrected chi connectivity index (χ3v) is 9.78. The molecular formula is C36H36F8N6O7. The Morgan fingerprint density at radius 3 is 2.26 bits per heavy atom. The van der Waals surface area contributed by atoms with Crippen LogP contribution in [-0.4, -0.2) is 106 Å². The second-order valence-corrected chi connectivity index (χ2v) is 13.3. The number of carbonyl (C=O) groups is 3. The summed E-state index contributed by atoms with van der Waals surface area (Å²) in [5.74, 6) is -9.32. The van der Waals surface area contributed by atoms with Gasteiger partial charge in [-0.05, 0) is 50.2 Å². The number of amides is 2. The van der Waals surface area contributed by atoms with Crippen LogP contribution in [0.4, 0.5) is 40.8 Å². The highest BCUT2D eigenvalue weighted by molar-refractivity contribution is 6.24. The summed E-state index contributed by atoms with van der Waals surface area (Å²) in [4.78, 5) is 48.8. The number of aromatic carboxylic acids is 1. The van der Waals surface area contributed by atoms with Gasteiger partial charge in [-0.25, -0.2) is 24.2 Å². The molecule has 0 radical (unpaired) electrons. The highest BCUT2D eigenvalue weighted by Crippen LogP contribution is 2.45. The van der Waals surface area contributed by atoms with Crippen LogP contribution in [0.25, 0.3) is 11.3 Å². The Morgan fingerprint density at radius 2 is 1.65 bits per heavy atom. The van der Waals surface area contributed by atoms with Gasteiger partial charge in [-0.2, -0.15) is 30.7 Å². The van der Waals surface area contributed by atoms with E-state index in [0.717, 1.165) is 17.1 Å². The summed E-state index contributed by atoms with van der Waals surface area (Å²) >= 11 is 0. The maximum Gasteiger partial charge on any atom is 0.433 e. The number of hydrogen-bond donors (Lipinski definition) is 3. The number of carbonyl (C=O) groups excluding carboxylic acids is 2. The molecule has 21 heteroatoms. The Labute approximate surface area is 319 Å². The molecule has 3 N–H and O–H groups in total. The second kappa shape index (κ2) is 16.6. The number of methoxy groups -OCH3 is 1. The van der Waals surface area contributed by atoms with Crippen LogP contribution in [-0.2, 0) is 33.2 Å². The minimum atomic E-state index is -5.03. The first-order valence-electron chi connectivity index (χ1n) is 17.2. The first-order chi connectivity index (χ1) is 26.7. The zero-order valence-electron chi connectivity index (χ0n) is 30.5. The second-order valence-electron chi connectivity index (χ2n) is 13.3. The number of aromatic nitrogens is 2. The number of benzene rings is 2. The number of nitrogens with zero attached hydrogens (tertiary/aromatic N) is 5. The molecule has 5 rings (SSSR count). The number of hydrogen-bond acceptors (Lipinski definition) is 10. The van der Waals surface area contributed by atoms with Crippen molar-refractivity contribution in [3.05, 3.63) is 82.0 Å². The van der Waals surface area contributed by atoms with Crippen LogP contribution in [0, 0.1) is 11.6 Å². The van der Waals surface area contributed by atoms with Crippen LogP contribution < -0.4 is 10.1 Å². The fourth-order valence-corrected chi connectivity index (χ4v) is 6.67. The van der Waals surface area contributed by atoms with Crippen LogP contribution in [0.2, 0.25) is 0 Å². The van der Waals surface area contributed by atoms with Crippen molar-refractivity contribution in [1.29, 1.82) is 0 Å². The predicted octanol–water partition coefficient (Wildman–Crippen LogP) is 6.07. The Hall–Kier alpha value is -5.41. The normalized spacial score (nSPS) is 16.2. The summed E-state index contributed by atoms with van der Waals surface area (Å²) < 4.78 is 123. The average Bonchev–Trinajstić information content (AvgIpc) is 3.65. The summed E-state index contributed by atoms with van der Waals surface area (Å²) in [6.07, 6.45) is -8.37. The van der Waals surface area contributed by atoms with Crippen LogP contribution in [0.5, 0.6) is 5.75 Å². The Balaban J connectivity index is 1.52. The minimum Gasteiger partial charge on any atom is -0.509 e. The molecule has 2 heterocycles. The van der Waals surface area contributed by atoms with Gasteiger partial charge >= 0.3 is 18.3 Å². The molecule has 57 heavy (non-hydrogen) atoms. The number of anilines is 1. The van der Waals surface area contributed by atoms with Gasteiger partial charge in [-0.1, -0.05) is 12.8 Å². The number of aliphatic hydroxyl groups excluding tert-OH is 1. The molecule has 1 aliphatic heterocycles. The van der Waals surface area contributed by atoms with E-state index in [1.165, 1.54) is 19.2 Å². The molecule has 0 bridgehead atoms. The van der Waals surface area contributed by atoms with E-state index in [2.05, 4.69) is 15.3 Å². The molecule has 13 nitrogen and oxygen atoms in total. The number of hydrazine groups is 1. The topological polar surface area (TPSA) is 158 Å². The van der Waals surface area contributed by atoms with E-state index < -0.39 is 110 Å². The lowest BCUT2D eigenvalue weighted by atomic mass is 9.88. The van der Waals surface area contributed by atoms with Gasteiger partial charge < -0.3 is 29.9 Å². The lowest BCUT2D eigenvalue weighted by Gasteiger charge is -2.48. The highest BCUT2D eigenvalue weighted by Gasteiger charge is 2.53. The fourth-order valence-electron chi connectivity index (χ4n) is 6.67. The first kappa shape index (κ1) is 42.7. The first-order valence-corrected chi connectivity index (χ1v) is 17.2. The summed E-state index contributed by atoms with van der Waals surface area (Å²) in [6, 6.07) is 2.78. The molecule has 1 aromatic heterocycles. The van der Waals surface area contributed by atoms with E-state index in [1.54, 1.807) is 11.9 Å². The van der Waals surface area contributed by atoms with Crippen molar-refractivity contribution in [1.82, 2.24) is 24.9 Å². The van der Waals surface area contributed by atoms with Crippen LogP contribution in [0.3, 0.4) is 0 Å². The quantitative estimate of drug-likeness (QED) is 0.136.